The first-order valence-corrected chi connectivity index (χ1v) is 5.90. The number of hydrogen-bond acceptors (Lipinski definition) is 3. The van der Waals surface area contributed by atoms with Crippen LogP contribution in [0.4, 0.5) is 0 Å². The lowest BCUT2D eigenvalue weighted by Gasteiger charge is -2.02. The molecule has 2 aromatic rings. The van der Waals surface area contributed by atoms with Gasteiger partial charge in [-0.05, 0) is 42.7 Å². The molecule has 0 bridgehead atoms. The van der Waals surface area contributed by atoms with E-state index in [-0.39, 0.29) is 5.75 Å². The van der Waals surface area contributed by atoms with Crippen molar-refractivity contribution < 1.29 is 5.11 Å². The Bertz CT molecular complexity index is 463. The monoisotopic (exact) mass is 228 g/mol. The number of aromatic hydroxyl groups is 1. The maximum atomic E-state index is 9.20. The maximum absolute atomic E-state index is 9.20. The number of rotatable bonds is 4. The molecule has 0 spiro atoms. The number of benzene rings is 1. The molecule has 0 amide bonds. The first-order valence-electron chi connectivity index (χ1n) is 5.90. The molecule has 0 aliphatic carbocycles. The van der Waals surface area contributed by atoms with Gasteiger partial charge in [0.1, 0.15) is 5.75 Å². The summed E-state index contributed by atoms with van der Waals surface area (Å²) < 4.78 is 0. The van der Waals surface area contributed by atoms with Crippen molar-refractivity contribution in [2.24, 2.45) is 0 Å². The summed E-state index contributed by atoms with van der Waals surface area (Å²) in [6, 6.07) is 6.92. The molecule has 17 heavy (non-hydrogen) atoms. The zero-order valence-corrected chi connectivity index (χ0v) is 9.93. The average Bonchev–Trinajstić information content (AvgIpc) is 2.38. The standard InChI is InChI=1S/C14H16N2O/c1-2-3-4-11-9-15-14(16-10-11)12-5-7-13(17)8-6-12/h5-10,17H,2-4H2,1H3. The molecule has 0 saturated carbocycles. The van der Waals surface area contributed by atoms with E-state index in [1.807, 2.05) is 24.5 Å². The first kappa shape index (κ1) is 11.6. The van der Waals surface area contributed by atoms with Crippen LogP contribution in [0, 0.1) is 0 Å². The summed E-state index contributed by atoms with van der Waals surface area (Å²) in [4.78, 5) is 8.68. The summed E-state index contributed by atoms with van der Waals surface area (Å²) in [7, 11) is 0. The highest BCUT2D eigenvalue weighted by atomic mass is 16.3. The van der Waals surface area contributed by atoms with Crippen LogP contribution in [0.3, 0.4) is 0 Å². The molecule has 3 heteroatoms. The fourth-order valence-corrected chi connectivity index (χ4v) is 1.62. The van der Waals surface area contributed by atoms with E-state index in [9.17, 15) is 5.11 Å². The van der Waals surface area contributed by atoms with Crippen molar-refractivity contribution in [3.05, 3.63) is 42.2 Å². The van der Waals surface area contributed by atoms with E-state index in [4.69, 9.17) is 0 Å². The maximum Gasteiger partial charge on any atom is 0.159 e. The molecule has 2 rings (SSSR count). The first-order chi connectivity index (χ1) is 8.29. The SMILES string of the molecule is CCCCc1cnc(-c2ccc(O)cc2)nc1. The van der Waals surface area contributed by atoms with Gasteiger partial charge in [0, 0.05) is 18.0 Å². The second-order valence-electron chi connectivity index (χ2n) is 4.07. The molecule has 0 atom stereocenters. The van der Waals surface area contributed by atoms with Gasteiger partial charge in [-0.1, -0.05) is 13.3 Å². The summed E-state index contributed by atoms with van der Waals surface area (Å²) in [5.41, 5.74) is 2.10. The predicted molar refractivity (Wildman–Crippen MR) is 67.7 cm³/mol. The molecule has 1 N–H and O–H groups in total. The summed E-state index contributed by atoms with van der Waals surface area (Å²) in [5, 5.41) is 9.20. The molecule has 0 saturated heterocycles. The predicted octanol–water partition coefficient (Wildman–Crippen LogP) is 3.19. The molecule has 88 valence electrons. The van der Waals surface area contributed by atoms with Crippen molar-refractivity contribution in [1.82, 2.24) is 9.97 Å². The number of unbranched alkanes of at least 4 members (excludes halogenated alkanes) is 1. The van der Waals surface area contributed by atoms with E-state index in [0.717, 1.165) is 12.0 Å². The summed E-state index contributed by atoms with van der Waals surface area (Å²) >= 11 is 0. The third-order valence-electron chi connectivity index (χ3n) is 2.65. The van der Waals surface area contributed by atoms with Gasteiger partial charge in [-0.15, -0.1) is 0 Å². The van der Waals surface area contributed by atoms with Crippen LogP contribution in [0.1, 0.15) is 25.3 Å². The highest BCUT2D eigenvalue weighted by Crippen LogP contribution is 2.18. The quantitative estimate of drug-likeness (QED) is 0.874. The van der Waals surface area contributed by atoms with Crippen molar-refractivity contribution in [2.45, 2.75) is 26.2 Å². The van der Waals surface area contributed by atoms with Gasteiger partial charge in [0.05, 0.1) is 0 Å². The van der Waals surface area contributed by atoms with Crippen LogP contribution in [0.25, 0.3) is 11.4 Å². The molecular formula is C14H16N2O. The van der Waals surface area contributed by atoms with Crippen molar-refractivity contribution >= 4 is 0 Å². The molecule has 0 fully saturated rings. The van der Waals surface area contributed by atoms with Gasteiger partial charge >= 0.3 is 0 Å². The molecule has 0 radical (unpaired) electrons. The summed E-state index contributed by atoms with van der Waals surface area (Å²) in [6.45, 7) is 2.17. The van der Waals surface area contributed by atoms with Gasteiger partial charge < -0.3 is 5.11 Å². The van der Waals surface area contributed by atoms with Gasteiger partial charge in [-0.3, -0.25) is 0 Å². The second-order valence-corrected chi connectivity index (χ2v) is 4.07. The Balaban J connectivity index is 2.14. The minimum atomic E-state index is 0.258. The lowest BCUT2D eigenvalue weighted by molar-refractivity contribution is 0.475. The molecule has 0 unspecified atom stereocenters. The van der Waals surface area contributed by atoms with Gasteiger partial charge in [-0.25, -0.2) is 9.97 Å². The normalized spacial score (nSPS) is 10.4. The Hall–Kier alpha value is -1.90. The Morgan fingerprint density at radius 2 is 1.71 bits per heavy atom. The highest BCUT2D eigenvalue weighted by molar-refractivity contribution is 5.55. The van der Waals surface area contributed by atoms with Crippen LogP contribution in [-0.2, 0) is 6.42 Å². The van der Waals surface area contributed by atoms with E-state index in [1.165, 1.54) is 18.4 Å². The summed E-state index contributed by atoms with van der Waals surface area (Å²) in [6.07, 6.45) is 7.14. The number of phenols is 1. The van der Waals surface area contributed by atoms with Crippen LogP contribution in [0.5, 0.6) is 5.75 Å². The van der Waals surface area contributed by atoms with Crippen molar-refractivity contribution in [3.63, 3.8) is 0 Å². The van der Waals surface area contributed by atoms with Crippen LogP contribution in [0.15, 0.2) is 36.7 Å². The van der Waals surface area contributed by atoms with Crippen molar-refractivity contribution in [3.8, 4) is 17.1 Å². The van der Waals surface area contributed by atoms with Crippen LogP contribution < -0.4 is 0 Å². The number of aromatic nitrogens is 2. The Morgan fingerprint density at radius 1 is 1.06 bits per heavy atom. The minimum Gasteiger partial charge on any atom is -0.508 e. The van der Waals surface area contributed by atoms with E-state index < -0.39 is 0 Å². The van der Waals surface area contributed by atoms with Crippen molar-refractivity contribution in [1.29, 1.82) is 0 Å². The van der Waals surface area contributed by atoms with E-state index >= 15 is 0 Å². The topological polar surface area (TPSA) is 46.0 Å². The Labute approximate surface area is 101 Å². The third-order valence-corrected chi connectivity index (χ3v) is 2.65. The zero-order chi connectivity index (χ0) is 12.1. The van der Waals surface area contributed by atoms with Gasteiger partial charge in [-0.2, -0.15) is 0 Å². The molecule has 3 nitrogen and oxygen atoms in total. The fourth-order valence-electron chi connectivity index (χ4n) is 1.62. The van der Waals surface area contributed by atoms with E-state index in [0.29, 0.717) is 5.82 Å². The second kappa shape index (κ2) is 5.43. The molecule has 1 aromatic carbocycles. The Kier molecular flexibility index (Phi) is 3.70. The number of nitrogens with zero attached hydrogens (tertiary/aromatic N) is 2. The molecule has 0 aliphatic heterocycles. The zero-order valence-electron chi connectivity index (χ0n) is 9.93. The summed E-state index contributed by atoms with van der Waals surface area (Å²) in [5.74, 6) is 0.957. The van der Waals surface area contributed by atoms with Gasteiger partial charge in [0.15, 0.2) is 5.82 Å². The average molecular weight is 228 g/mol. The molecule has 1 aromatic heterocycles. The van der Waals surface area contributed by atoms with Gasteiger partial charge in [0.25, 0.3) is 0 Å². The van der Waals surface area contributed by atoms with Crippen molar-refractivity contribution in [2.75, 3.05) is 0 Å². The third kappa shape index (κ3) is 3.03. The largest absolute Gasteiger partial charge is 0.508 e. The fraction of sp³-hybridized carbons (Fsp3) is 0.286. The number of phenolic OH excluding ortho intramolecular Hbond substituents is 1. The number of aryl methyl sites for hydroxylation is 1. The van der Waals surface area contributed by atoms with Crippen LogP contribution in [-0.4, -0.2) is 15.1 Å². The molecule has 0 aliphatic rings. The highest BCUT2D eigenvalue weighted by Gasteiger charge is 2.01. The van der Waals surface area contributed by atoms with Crippen LogP contribution >= 0.6 is 0 Å². The molecule has 1 heterocycles. The van der Waals surface area contributed by atoms with Crippen LogP contribution in [0.2, 0.25) is 0 Å². The lowest BCUT2D eigenvalue weighted by atomic mass is 10.1. The lowest BCUT2D eigenvalue weighted by Crippen LogP contribution is -1.92. The van der Waals surface area contributed by atoms with Gasteiger partial charge in [0.2, 0.25) is 0 Å². The molecular weight excluding hydrogens is 212 g/mol. The number of hydrogen-bond donors (Lipinski definition) is 1. The smallest absolute Gasteiger partial charge is 0.159 e. The Morgan fingerprint density at radius 3 is 2.29 bits per heavy atom. The van der Waals surface area contributed by atoms with E-state index in [2.05, 4.69) is 16.9 Å². The van der Waals surface area contributed by atoms with E-state index in [1.54, 1.807) is 12.1 Å². The minimum absolute atomic E-state index is 0.258.